The summed E-state index contributed by atoms with van der Waals surface area (Å²) in [5.74, 6) is -3.74. The van der Waals surface area contributed by atoms with Gasteiger partial charge >= 0.3 is 29.0 Å². The van der Waals surface area contributed by atoms with Gasteiger partial charge in [-0.3, -0.25) is 0 Å². The van der Waals surface area contributed by atoms with Crippen molar-refractivity contribution in [2.24, 2.45) is 17.3 Å². The molecular weight excluding hydrogens is 478 g/mol. The molecule has 0 aromatic heterocycles. The topological polar surface area (TPSA) is 112 Å². The average Bonchev–Trinajstić information content (AvgIpc) is 2.61. The third-order valence-electron chi connectivity index (χ3n) is 6.29. The molecule has 4 rings (SSSR count). The van der Waals surface area contributed by atoms with Crippen molar-refractivity contribution in [2.75, 3.05) is 13.2 Å². The molecule has 0 aliphatic heterocycles. The highest BCUT2D eigenvalue weighted by Crippen LogP contribution is 2.61. The van der Waals surface area contributed by atoms with Gasteiger partial charge in [-0.05, 0) is 50.4 Å². The molecular formula is C17H20F6O8S. The van der Waals surface area contributed by atoms with Crippen molar-refractivity contribution in [1.82, 2.24) is 0 Å². The molecule has 2 atom stereocenters. The van der Waals surface area contributed by atoms with Crippen LogP contribution in [0, 0.1) is 17.3 Å². The number of carbonyl (C=O) groups excluding carboxylic acids is 2. The number of hydrogen-bond acceptors (Lipinski definition) is 9. The second kappa shape index (κ2) is 8.49. The van der Waals surface area contributed by atoms with Crippen LogP contribution in [-0.4, -0.2) is 58.2 Å². The number of esters is 2. The molecule has 184 valence electrons. The third kappa shape index (κ3) is 4.67. The van der Waals surface area contributed by atoms with E-state index in [0.717, 1.165) is 6.42 Å². The molecule has 15 heteroatoms. The van der Waals surface area contributed by atoms with Crippen molar-refractivity contribution in [3.8, 4) is 0 Å². The van der Waals surface area contributed by atoms with Gasteiger partial charge in [0.1, 0.15) is 0 Å². The quantitative estimate of drug-likeness (QED) is 0.171. The Morgan fingerprint density at radius 2 is 1.53 bits per heavy atom. The molecule has 4 bridgehead atoms. The predicted octanol–water partition coefficient (Wildman–Crippen LogP) is 3.34. The van der Waals surface area contributed by atoms with Crippen LogP contribution in [0.25, 0.3) is 0 Å². The Morgan fingerprint density at radius 1 is 0.969 bits per heavy atom. The molecule has 0 saturated heterocycles. The summed E-state index contributed by atoms with van der Waals surface area (Å²) >= 11 is -1.58. The van der Waals surface area contributed by atoms with E-state index in [2.05, 4.69) is 14.1 Å². The fourth-order valence-electron chi connectivity index (χ4n) is 5.66. The van der Waals surface area contributed by atoms with Gasteiger partial charge in [-0.2, -0.15) is 26.3 Å². The molecule has 4 saturated carbocycles. The Balaban J connectivity index is 1.61. The summed E-state index contributed by atoms with van der Waals surface area (Å²) in [6.07, 6.45) is -8.60. The van der Waals surface area contributed by atoms with Gasteiger partial charge in [-0.25, -0.2) is 14.8 Å². The molecule has 2 N–H and O–H groups in total. The van der Waals surface area contributed by atoms with Crippen molar-refractivity contribution in [1.29, 1.82) is 0 Å². The van der Waals surface area contributed by atoms with Crippen LogP contribution in [0.2, 0.25) is 0 Å². The number of aliphatic hydroxyl groups is 1. The van der Waals surface area contributed by atoms with E-state index >= 15 is 0 Å². The maximum absolute atomic E-state index is 13.2. The first kappa shape index (κ1) is 25.3. The summed E-state index contributed by atoms with van der Waals surface area (Å²) in [6.45, 7) is -1.71. The molecule has 0 radical (unpaired) electrons. The molecule has 2 unspecified atom stereocenters. The van der Waals surface area contributed by atoms with E-state index in [1.54, 1.807) is 0 Å². The van der Waals surface area contributed by atoms with Crippen molar-refractivity contribution < 1.29 is 65.1 Å². The van der Waals surface area contributed by atoms with E-state index in [1.165, 1.54) is 0 Å². The van der Waals surface area contributed by atoms with Gasteiger partial charge in [-0.15, -0.1) is 4.33 Å². The highest BCUT2D eigenvalue weighted by atomic mass is 32.2. The van der Waals surface area contributed by atoms with E-state index in [4.69, 9.17) is 9.99 Å². The Labute approximate surface area is 181 Å². The largest absolute Gasteiger partial charge is 0.463 e. The lowest BCUT2D eigenvalue weighted by molar-refractivity contribution is -0.434. The Kier molecular flexibility index (Phi) is 6.72. The van der Waals surface area contributed by atoms with E-state index in [0.29, 0.717) is 32.1 Å². The SMILES string of the molecule is O=C(COC(=O)C(SOOO)(C(F)(F)F)C(F)(F)F)OCC12CC3CC(CC(O)(C3)C1)C2. The lowest BCUT2D eigenvalue weighted by Crippen LogP contribution is -2.60. The Bertz CT molecular complexity index is 714. The van der Waals surface area contributed by atoms with Crippen molar-refractivity contribution >= 4 is 24.0 Å². The normalized spacial score (nSPS) is 32.1. The zero-order valence-corrected chi connectivity index (χ0v) is 17.1. The van der Waals surface area contributed by atoms with Crippen LogP contribution in [0.4, 0.5) is 26.3 Å². The van der Waals surface area contributed by atoms with Crippen LogP contribution in [-0.2, 0) is 28.4 Å². The van der Waals surface area contributed by atoms with Gasteiger partial charge < -0.3 is 14.6 Å². The minimum absolute atomic E-state index is 0.196. The van der Waals surface area contributed by atoms with Gasteiger partial charge in [-0.1, -0.05) is 5.04 Å². The molecule has 0 spiro atoms. The molecule has 0 aromatic rings. The summed E-state index contributed by atoms with van der Waals surface area (Å²) in [5.41, 5.74) is -1.39. The summed E-state index contributed by atoms with van der Waals surface area (Å²) in [7, 11) is 0. The summed E-state index contributed by atoms with van der Waals surface area (Å²) < 4.78 is 86.0. The van der Waals surface area contributed by atoms with Gasteiger partial charge in [0.25, 0.3) is 0 Å². The van der Waals surface area contributed by atoms with Crippen molar-refractivity contribution in [3.05, 3.63) is 0 Å². The number of carbonyl (C=O) groups is 2. The summed E-state index contributed by atoms with van der Waals surface area (Å²) in [5, 5.41) is 21.4. The van der Waals surface area contributed by atoms with Crippen LogP contribution < -0.4 is 0 Å². The zero-order valence-electron chi connectivity index (χ0n) is 16.3. The first-order valence-corrected chi connectivity index (χ1v) is 10.2. The maximum atomic E-state index is 13.2. The first-order valence-electron chi connectivity index (χ1n) is 9.50. The van der Waals surface area contributed by atoms with Crippen molar-refractivity contribution in [2.45, 2.75) is 61.2 Å². The molecule has 0 amide bonds. The smallest absolute Gasteiger partial charge is 0.425 e. The first-order chi connectivity index (χ1) is 14.7. The highest BCUT2D eigenvalue weighted by molar-refractivity contribution is 7.96. The molecule has 4 aliphatic rings. The fourth-order valence-corrected chi connectivity index (χ4v) is 6.11. The van der Waals surface area contributed by atoms with Crippen LogP contribution in [0.15, 0.2) is 0 Å². The highest BCUT2D eigenvalue weighted by Gasteiger charge is 2.79. The minimum Gasteiger partial charge on any atom is -0.463 e. The monoisotopic (exact) mass is 498 g/mol. The minimum atomic E-state index is -6.29. The number of alkyl halides is 6. The number of hydrogen-bond donors (Lipinski definition) is 2. The standard InChI is InChI=1S/C17H20F6O8S/c18-16(19,20)15(17(21,22)23,32-31-30-27)12(25)28-6-11(24)29-8-13-2-9-1-10(3-13)5-14(26,4-9)7-13/h9-10,26-27H,1-8H2. The molecule has 8 nitrogen and oxygen atoms in total. The Hall–Kier alpha value is -1.29. The number of halogens is 6. The Morgan fingerprint density at radius 3 is 2.00 bits per heavy atom. The fraction of sp³-hybridized carbons (Fsp3) is 0.882. The van der Waals surface area contributed by atoms with E-state index in [9.17, 15) is 41.0 Å². The van der Waals surface area contributed by atoms with Crippen LogP contribution in [0.3, 0.4) is 0 Å². The molecule has 32 heavy (non-hydrogen) atoms. The second-order valence-electron chi connectivity index (χ2n) is 8.82. The van der Waals surface area contributed by atoms with Crippen LogP contribution >= 0.6 is 12.0 Å². The zero-order chi connectivity index (χ0) is 24.0. The number of ether oxygens (including phenoxy) is 2. The van der Waals surface area contributed by atoms with Gasteiger partial charge in [0, 0.05) is 5.41 Å². The maximum Gasteiger partial charge on any atom is 0.425 e. The predicted molar refractivity (Wildman–Crippen MR) is 91.2 cm³/mol. The lowest BCUT2D eigenvalue weighted by Gasteiger charge is -2.59. The molecule has 0 heterocycles. The van der Waals surface area contributed by atoms with Gasteiger partial charge in [0.2, 0.25) is 0 Å². The van der Waals surface area contributed by atoms with Gasteiger partial charge in [0.05, 0.1) is 24.3 Å². The average molecular weight is 498 g/mol. The molecule has 0 aromatic carbocycles. The van der Waals surface area contributed by atoms with E-state index < -0.39 is 58.7 Å². The third-order valence-corrected chi connectivity index (χ3v) is 7.30. The number of rotatable bonds is 8. The molecule has 4 fully saturated rings. The van der Waals surface area contributed by atoms with Gasteiger partial charge in [0.15, 0.2) is 6.61 Å². The van der Waals surface area contributed by atoms with Crippen LogP contribution in [0.1, 0.15) is 38.5 Å². The second-order valence-corrected chi connectivity index (χ2v) is 9.74. The van der Waals surface area contributed by atoms with Crippen LogP contribution in [0.5, 0.6) is 0 Å². The summed E-state index contributed by atoms with van der Waals surface area (Å²) in [4.78, 5) is 23.7. The summed E-state index contributed by atoms with van der Waals surface area (Å²) in [6, 6.07) is 0. The van der Waals surface area contributed by atoms with Crippen molar-refractivity contribution in [3.63, 3.8) is 0 Å². The molecule has 4 aliphatic carbocycles. The van der Waals surface area contributed by atoms with E-state index in [1.807, 2.05) is 0 Å². The van der Waals surface area contributed by atoms with E-state index in [-0.39, 0.29) is 18.4 Å². The lowest BCUT2D eigenvalue weighted by atomic mass is 9.48.